The first-order valence-corrected chi connectivity index (χ1v) is 30.3. The minimum atomic E-state index is -0.0200. The third-order valence-electron chi connectivity index (χ3n) is 16.3. The molecule has 73 heavy (non-hydrogen) atoms. The maximum absolute atomic E-state index is 9.53. The third kappa shape index (κ3) is 40.7. The summed E-state index contributed by atoms with van der Waals surface area (Å²) in [5.74, 6) is 12.1. The van der Waals surface area contributed by atoms with Crippen molar-refractivity contribution in [2.75, 3.05) is 7.11 Å². The molecule has 0 radical (unpaired) electrons. The fourth-order valence-corrected chi connectivity index (χ4v) is 13.4. The molecule has 10 unspecified atom stereocenters. The van der Waals surface area contributed by atoms with Gasteiger partial charge in [0.15, 0.2) is 0 Å². The van der Waals surface area contributed by atoms with E-state index in [1.54, 1.807) is 11.1 Å². The second kappa shape index (κ2) is 44.8. The Hall–Kier alpha value is -1.12. The van der Waals surface area contributed by atoms with Crippen LogP contribution >= 0.6 is 0 Å². The normalized spacial score (nSPS) is 27.9. The van der Waals surface area contributed by atoms with Gasteiger partial charge in [0.05, 0.1) is 12.2 Å². The van der Waals surface area contributed by atoms with Crippen molar-refractivity contribution in [1.29, 1.82) is 0 Å². The monoisotopic (exact) mass is 1030 g/mol. The molecule has 0 aliphatic heterocycles. The van der Waals surface area contributed by atoms with Gasteiger partial charge in [0.1, 0.15) is 0 Å². The van der Waals surface area contributed by atoms with Crippen LogP contribution in [-0.2, 0) is 4.74 Å². The highest BCUT2D eigenvalue weighted by Crippen LogP contribution is 2.36. The molecule has 6 rings (SSSR count). The average molecular weight is 1030 g/mol. The zero-order chi connectivity index (χ0) is 52.1. The lowest BCUT2D eigenvalue weighted by Crippen LogP contribution is -2.29. The topological polar surface area (TPSA) is 29.5 Å². The van der Waals surface area contributed by atoms with E-state index in [9.17, 15) is 5.11 Å². The first kappa shape index (κ1) is 78.4. The van der Waals surface area contributed by atoms with Crippen LogP contribution in [0, 0.1) is 82.9 Å². The molecule has 6 aliphatic carbocycles. The van der Waals surface area contributed by atoms with Gasteiger partial charge in [0.25, 0.3) is 0 Å². The van der Waals surface area contributed by atoms with E-state index in [-0.39, 0.29) is 35.8 Å². The van der Waals surface area contributed by atoms with Gasteiger partial charge in [0, 0.05) is 7.11 Å². The fourth-order valence-electron chi connectivity index (χ4n) is 13.4. The summed E-state index contributed by atoms with van der Waals surface area (Å²) < 4.78 is 5.46. The summed E-state index contributed by atoms with van der Waals surface area (Å²) >= 11 is 0. The van der Waals surface area contributed by atoms with Gasteiger partial charge in [0.2, 0.25) is 0 Å². The largest absolute Gasteiger partial charge is 0.393 e. The Morgan fingerprint density at radius 1 is 0.479 bits per heavy atom. The van der Waals surface area contributed by atoms with E-state index in [1.807, 2.05) is 7.11 Å². The Labute approximate surface area is 464 Å². The van der Waals surface area contributed by atoms with Crippen LogP contribution < -0.4 is 0 Å². The number of hydrogen-bond donors (Lipinski definition) is 1. The molecule has 0 saturated heterocycles. The third-order valence-corrected chi connectivity index (χ3v) is 16.3. The van der Waals surface area contributed by atoms with Crippen molar-refractivity contribution < 1.29 is 9.84 Å². The van der Waals surface area contributed by atoms with Gasteiger partial charge in [-0.15, -0.1) is 0 Å². The predicted molar refractivity (Wildman–Crippen MR) is 338 cm³/mol. The molecule has 2 heteroatoms. The molecule has 6 aliphatic rings. The van der Waals surface area contributed by atoms with E-state index in [2.05, 4.69) is 136 Å². The number of rotatable bonds is 13. The van der Waals surface area contributed by atoms with Gasteiger partial charge >= 0.3 is 0 Å². The Morgan fingerprint density at radius 3 is 1.25 bits per heavy atom. The Bertz CT molecular complexity index is 1310. The van der Waals surface area contributed by atoms with Crippen molar-refractivity contribution >= 4 is 0 Å². The smallest absolute Gasteiger partial charge is 0.0597 e. The van der Waals surface area contributed by atoms with Gasteiger partial charge in [-0.3, -0.25) is 0 Å². The predicted octanol–water partition coefficient (Wildman–Crippen LogP) is 24.0. The van der Waals surface area contributed by atoms with E-state index in [4.69, 9.17) is 4.74 Å². The standard InChI is InChI=1S/C12H24O.C11H22O.4C11H20.4CH4/c1-9(2)7-11-5-6-12(13-4)10(3)8-11;1-8(2)6-10-4-5-11(12)9(3)7-10;4*1-9(2)7-11-6-4-5-10(3)8-11;;;;/h9-12H,5-8H2,1-4H3;8-12H,4-7H2,1-3H3;8-9,11H,4-7H2,1-3H3;5,9,11H,4,6-8H2,1-3H3;2*9,11H,3-8H2,1-2H3;4*1H4. The second-order valence-electron chi connectivity index (χ2n) is 27.2. The Morgan fingerprint density at radius 2 is 0.877 bits per heavy atom. The van der Waals surface area contributed by atoms with Gasteiger partial charge in [-0.1, -0.05) is 174 Å². The number of methoxy groups -OCH3 is 1. The van der Waals surface area contributed by atoms with Crippen LogP contribution in [0.3, 0.4) is 0 Å². The molecular weight excluding hydrogens is 885 g/mol. The molecule has 0 aromatic heterocycles. The van der Waals surface area contributed by atoms with E-state index in [0.717, 1.165) is 83.4 Å². The van der Waals surface area contributed by atoms with Crippen molar-refractivity contribution in [2.24, 2.45) is 82.9 Å². The van der Waals surface area contributed by atoms with Crippen LogP contribution in [0.25, 0.3) is 0 Å². The maximum Gasteiger partial charge on any atom is 0.0597 e. The van der Waals surface area contributed by atoms with Crippen LogP contribution in [0.15, 0.2) is 47.6 Å². The van der Waals surface area contributed by atoms with Gasteiger partial charge in [-0.2, -0.15) is 0 Å². The lowest BCUT2D eigenvalue weighted by atomic mass is 9.77. The zero-order valence-electron chi connectivity index (χ0n) is 50.0. The van der Waals surface area contributed by atoms with Crippen molar-refractivity contribution in [3.63, 3.8) is 0 Å². The van der Waals surface area contributed by atoms with Crippen molar-refractivity contribution in [2.45, 2.75) is 320 Å². The summed E-state index contributed by atoms with van der Waals surface area (Å²) in [5.41, 5.74) is 6.20. The zero-order valence-corrected chi connectivity index (χ0v) is 50.0. The summed E-state index contributed by atoms with van der Waals surface area (Å²) in [6, 6.07) is 0. The highest BCUT2D eigenvalue weighted by atomic mass is 16.5. The number of aliphatic hydroxyl groups is 1. The van der Waals surface area contributed by atoms with Crippen molar-refractivity contribution in [1.82, 2.24) is 0 Å². The second-order valence-corrected chi connectivity index (χ2v) is 27.2. The summed E-state index contributed by atoms with van der Waals surface area (Å²) in [5, 5.41) is 9.53. The van der Waals surface area contributed by atoms with Crippen molar-refractivity contribution in [3.05, 3.63) is 47.6 Å². The minimum absolute atomic E-state index is 0. The molecule has 438 valence electrons. The maximum atomic E-state index is 9.53. The Balaban J connectivity index is -0.000000387. The summed E-state index contributed by atoms with van der Waals surface area (Å²) in [6.07, 6.45) is 40.4. The molecule has 4 fully saturated rings. The molecule has 2 nitrogen and oxygen atoms in total. The lowest BCUT2D eigenvalue weighted by Gasteiger charge is -2.34. The van der Waals surface area contributed by atoms with E-state index in [1.165, 1.54) is 172 Å². The molecule has 10 atom stereocenters. The molecular formula is C71H142O2. The Kier molecular flexibility index (Phi) is 48.1. The highest BCUT2D eigenvalue weighted by Gasteiger charge is 2.28. The lowest BCUT2D eigenvalue weighted by molar-refractivity contribution is 0.0123. The minimum Gasteiger partial charge on any atom is -0.393 e. The van der Waals surface area contributed by atoms with Gasteiger partial charge < -0.3 is 9.84 Å². The SMILES string of the molecule is C.C.C.C.C=C1CCCC(CC(C)C)C1.C=C1CCCC(CC(C)C)C1.CC(C)CC1CCC(O)C(C)C1.CC1=CC(CC(C)C)CCC1.CC1=CCCC(CC(C)C)C1.COC1CCC(CC(C)C)CC1C. The fraction of sp³-hybridized carbons (Fsp3) is 0.887. The number of aliphatic hydroxyl groups excluding tert-OH is 1. The summed E-state index contributed by atoms with van der Waals surface area (Å²) in [4.78, 5) is 0. The summed E-state index contributed by atoms with van der Waals surface area (Å²) in [7, 11) is 1.85. The molecule has 0 aromatic rings. The number of ether oxygens (including phenoxy) is 1. The number of allylic oxidation sites excluding steroid dienone is 6. The van der Waals surface area contributed by atoms with Crippen molar-refractivity contribution in [3.8, 4) is 0 Å². The van der Waals surface area contributed by atoms with Crippen LogP contribution in [0.5, 0.6) is 0 Å². The molecule has 0 amide bonds. The van der Waals surface area contributed by atoms with Crippen LogP contribution in [-0.4, -0.2) is 24.4 Å². The molecule has 4 saturated carbocycles. The van der Waals surface area contributed by atoms with Crippen LogP contribution in [0.2, 0.25) is 0 Å². The van der Waals surface area contributed by atoms with E-state index < -0.39 is 0 Å². The quantitative estimate of drug-likeness (QED) is 0.186. The number of hydrogen-bond acceptors (Lipinski definition) is 2. The molecule has 0 aromatic carbocycles. The molecule has 1 N–H and O–H groups in total. The van der Waals surface area contributed by atoms with Crippen LogP contribution in [0.4, 0.5) is 0 Å². The molecule has 0 spiro atoms. The van der Waals surface area contributed by atoms with E-state index in [0.29, 0.717) is 12.0 Å². The molecule has 0 bridgehead atoms. The summed E-state index contributed by atoms with van der Waals surface area (Å²) in [6.45, 7) is 45.0. The van der Waals surface area contributed by atoms with Gasteiger partial charge in [-0.25, -0.2) is 0 Å². The molecule has 0 heterocycles. The first-order chi connectivity index (χ1) is 32.4. The van der Waals surface area contributed by atoms with E-state index >= 15 is 0 Å². The highest BCUT2D eigenvalue weighted by molar-refractivity contribution is 5.05. The van der Waals surface area contributed by atoms with Crippen LogP contribution in [0.1, 0.15) is 307 Å². The van der Waals surface area contributed by atoms with Gasteiger partial charge in [-0.05, 0) is 264 Å². The first-order valence-electron chi connectivity index (χ1n) is 30.3. The average Bonchev–Trinajstić information content (AvgIpc) is 3.22.